The average molecular weight is 630 g/mol. The van der Waals surface area contributed by atoms with Gasteiger partial charge in [0.05, 0.1) is 28.8 Å². The first kappa shape index (κ1) is 29.4. The lowest BCUT2D eigenvalue weighted by Gasteiger charge is -2.31. The van der Waals surface area contributed by atoms with Crippen LogP contribution in [-0.4, -0.2) is 45.2 Å². The van der Waals surface area contributed by atoms with Gasteiger partial charge in [-0.15, -0.1) is 0 Å². The second-order valence-electron chi connectivity index (χ2n) is 10.4. The number of ether oxygens (including phenoxy) is 1. The fourth-order valence-corrected chi connectivity index (χ4v) is 8.30. The van der Waals surface area contributed by atoms with Gasteiger partial charge in [0.15, 0.2) is 0 Å². The Bertz CT molecular complexity index is 1850. The molecule has 3 atom stereocenters. The van der Waals surface area contributed by atoms with E-state index in [1.165, 1.54) is 34.9 Å². The minimum absolute atomic E-state index is 0.0731. The number of amides is 3. The van der Waals surface area contributed by atoms with Crippen LogP contribution in [0.15, 0.2) is 82.6 Å². The molecule has 0 bridgehead atoms. The fraction of sp³-hybridized carbons (Fsp3) is 0.219. The quantitative estimate of drug-likeness (QED) is 0.225. The monoisotopic (exact) mass is 629 g/mol. The van der Waals surface area contributed by atoms with Crippen LogP contribution in [0.3, 0.4) is 0 Å². The molecule has 1 fully saturated rings. The number of hydrogen-bond donors (Lipinski definition) is 2. The molecule has 3 heterocycles. The number of aromatic nitrogens is 1. The molecule has 0 aliphatic carbocycles. The van der Waals surface area contributed by atoms with Crippen molar-refractivity contribution in [3.05, 3.63) is 104 Å². The summed E-state index contributed by atoms with van der Waals surface area (Å²) in [7, 11) is 0. The molecular weight excluding hydrogens is 603 g/mol. The highest BCUT2D eigenvalue weighted by Gasteiger charge is 2.57. The zero-order chi connectivity index (χ0) is 31.1. The summed E-state index contributed by atoms with van der Waals surface area (Å²) in [6.45, 7) is 3.55. The van der Waals surface area contributed by atoms with Gasteiger partial charge in [-0.25, -0.2) is 9.69 Å². The minimum atomic E-state index is -0.926. The largest absolute Gasteiger partial charge is 0.508 e. The van der Waals surface area contributed by atoms with Gasteiger partial charge in [-0.2, -0.15) is 0 Å². The van der Waals surface area contributed by atoms with Crippen molar-refractivity contribution in [1.82, 2.24) is 4.57 Å². The van der Waals surface area contributed by atoms with E-state index >= 15 is 0 Å². The first-order chi connectivity index (χ1) is 21.2. The van der Waals surface area contributed by atoms with Crippen LogP contribution >= 0.6 is 23.1 Å². The molecule has 2 aliphatic heterocycles. The Morgan fingerprint density at radius 3 is 2.34 bits per heavy atom. The third kappa shape index (κ3) is 5.20. The van der Waals surface area contributed by atoms with Gasteiger partial charge < -0.3 is 15.2 Å². The first-order valence-electron chi connectivity index (χ1n) is 13.9. The molecule has 10 nitrogen and oxygen atoms in total. The van der Waals surface area contributed by atoms with E-state index in [4.69, 9.17) is 4.74 Å². The molecule has 12 heteroatoms. The van der Waals surface area contributed by atoms with Crippen LogP contribution in [0.1, 0.15) is 39.2 Å². The maximum Gasteiger partial charge on any atom is 0.338 e. The minimum Gasteiger partial charge on any atom is -0.508 e. The van der Waals surface area contributed by atoms with Crippen molar-refractivity contribution >= 4 is 58.2 Å². The van der Waals surface area contributed by atoms with Gasteiger partial charge >= 0.3 is 10.8 Å². The standard InChI is InChI=1S/C32H27N3O7S2/c1-3-42-31(40)18-10-14-20(15-11-18)35-28(38)25-24(21-6-4-5-7-22(21)36)27-30(43-26(25)29(35)39)34(32(41)44-27)16-23(37)33-19-12-8-17(2)9-13-19/h4-15,24-26,36H,3,16H2,1-2H3,(H,33,37)/t24-,25+,26-/m0/s1. The van der Waals surface area contributed by atoms with E-state index in [1.54, 1.807) is 37.3 Å². The van der Waals surface area contributed by atoms with Crippen LogP contribution in [0.5, 0.6) is 5.75 Å². The summed E-state index contributed by atoms with van der Waals surface area (Å²) < 4.78 is 6.36. The number of carbonyl (C=O) groups is 4. The van der Waals surface area contributed by atoms with E-state index in [-0.39, 0.29) is 30.2 Å². The van der Waals surface area contributed by atoms with Crippen molar-refractivity contribution in [2.45, 2.75) is 36.6 Å². The Labute approximate surface area is 260 Å². The normalized spacial score (nSPS) is 19.0. The van der Waals surface area contributed by atoms with Crippen LogP contribution in [0, 0.1) is 12.8 Å². The maximum atomic E-state index is 14.0. The number of imide groups is 1. The summed E-state index contributed by atoms with van der Waals surface area (Å²) in [5.41, 5.74) is 2.59. The smallest absolute Gasteiger partial charge is 0.338 e. The molecule has 1 saturated heterocycles. The fourth-order valence-electron chi connectivity index (χ4n) is 5.54. The van der Waals surface area contributed by atoms with Crippen molar-refractivity contribution in [2.24, 2.45) is 5.92 Å². The molecule has 3 aromatic carbocycles. The summed E-state index contributed by atoms with van der Waals surface area (Å²) in [6.07, 6.45) is 0. The van der Waals surface area contributed by atoms with Crippen molar-refractivity contribution in [3.63, 3.8) is 0 Å². The number of benzene rings is 3. The number of para-hydroxylation sites is 1. The van der Waals surface area contributed by atoms with Crippen LogP contribution < -0.4 is 15.1 Å². The third-order valence-corrected chi connectivity index (χ3v) is 10.2. The van der Waals surface area contributed by atoms with Crippen LogP contribution in [0.25, 0.3) is 0 Å². The highest BCUT2D eigenvalue weighted by Crippen LogP contribution is 2.55. The summed E-state index contributed by atoms with van der Waals surface area (Å²) in [6, 6.07) is 19.8. The van der Waals surface area contributed by atoms with Gasteiger partial charge in [0.25, 0.3) is 0 Å². The van der Waals surface area contributed by atoms with Crippen molar-refractivity contribution in [1.29, 1.82) is 0 Å². The van der Waals surface area contributed by atoms with Gasteiger partial charge in [0, 0.05) is 22.0 Å². The van der Waals surface area contributed by atoms with Gasteiger partial charge in [0.1, 0.15) is 17.5 Å². The number of phenolic OH excluding ortho intramolecular Hbond substituents is 1. The van der Waals surface area contributed by atoms with E-state index in [0.717, 1.165) is 33.6 Å². The number of thioether (sulfide) groups is 1. The maximum absolute atomic E-state index is 14.0. The molecule has 2 N–H and O–H groups in total. The molecule has 1 aromatic heterocycles. The van der Waals surface area contributed by atoms with E-state index in [2.05, 4.69) is 5.32 Å². The number of nitrogens with zero attached hydrogens (tertiary/aromatic N) is 2. The Morgan fingerprint density at radius 2 is 1.66 bits per heavy atom. The number of nitrogens with one attached hydrogen (secondary N) is 1. The highest BCUT2D eigenvalue weighted by molar-refractivity contribution is 8.00. The molecule has 4 aromatic rings. The zero-order valence-corrected chi connectivity index (χ0v) is 25.3. The van der Waals surface area contributed by atoms with Gasteiger partial charge in [-0.05, 0) is 56.3 Å². The molecule has 0 radical (unpaired) electrons. The lowest BCUT2D eigenvalue weighted by Crippen LogP contribution is -2.33. The molecule has 3 amide bonds. The summed E-state index contributed by atoms with van der Waals surface area (Å²) in [4.78, 5) is 67.6. The number of carbonyl (C=O) groups excluding carboxylic acids is 4. The zero-order valence-electron chi connectivity index (χ0n) is 23.7. The lowest BCUT2D eigenvalue weighted by atomic mass is 9.82. The topological polar surface area (TPSA) is 135 Å². The molecule has 0 unspecified atom stereocenters. The summed E-state index contributed by atoms with van der Waals surface area (Å²) >= 11 is 1.98. The molecule has 0 spiro atoms. The second kappa shape index (κ2) is 11.8. The number of rotatable bonds is 7. The van der Waals surface area contributed by atoms with Crippen LogP contribution in [0.4, 0.5) is 11.4 Å². The first-order valence-corrected chi connectivity index (χ1v) is 15.6. The summed E-state index contributed by atoms with van der Waals surface area (Å²) in [5.74, 6) is -3.72. The number of phenols is 1. The van der Waals surface area contributed by atoms with Gasteiger partial charge in [0.2, 0.25) is 17.7 Å². The summed E-state index contributed by atoms with van der Waals surface area (Å²) in [5, 5.41) is 13.2. The van der Waals surface area contributed by atoms with Crippen molar-refractivity contribution in [2.75, 3.05) is 16.8 Å². The number of anilines is 2. The molecule has 224 valence electrons. The number of aromatic hydroxyl groups is 1. The predicted octanol–water partition coefficient (Wildman–Crippen LogP) is 4.54. The molecule has 2 aliphatic rings. The molecular formula is C32H27N3O7S2. The predicted molar refractivity (Wildman–Crippen MR) is 166 cm³/mol. The number of hydrogen-bond acceptors (Lipinski definition) is 9. The molecule has 6 rings (SSSR count). The molecule has 44 heavy (non-hydrogen) atoms. The van der Waals surface area contributed by atoms with Crippen molar-refractivity contribution in [3.8, 4) is 5.75 Å². The van der Waals surface area contributed by atoms with E-state index in [1.807, 2.05) is 19.1 Å². The second-order valence-corrected chi connectivity index (χ2v) is 12.5. The van der Waals surface area contributed by atoms with E-state index in [0.29, 0.717) is 21.2 Å². The lowest BCUT2D eigenvalue weighted by molar-refractivity contribution is -0.122. The van der Waals surface area contributed by atoms with Crippen LogP contribution in [0.2, 0.25) is 0 Å². The van der Waals surface area contributed by atoms with Crippen molar-refractivity contribution < 1.29 is 29.0 Å². The SMILES string of the molecule is CCOC(=O)c1ccc(N2C(=O)[C@@H]3[C@H](c4ccccc4O)c4sc(=O)n(CC(=O)Nc5ccc(C)cc5)c4S[C@@H]3C2=O)cc1. The Morgan fingerprint density at radius 1 is 0.955 bits per heavy atom. The number of thiazole rings is 1. The Hall–Kier alpha value is -4.68. The van der Waals surface area contributed by atoms with Gasteiger partial charge in [-0.3, -0.25) is 23.7 Å². The van der Waals surface area contributed by atoms with E-state index in [9.17, 15) is 29.1 Å². The number of esters is 1. The number of aryl methyl sites for hydroxylation is 1. The van der Waals surface area contributed by atoms with Gasteiger partial charge in [-0.1, -0.05) is 59.0 Å². The third-order valence-electron chi connectivity index (χ3n) is 7.59. The Kier molecular flexibility index (Phi) is 7.87. The average Bonchev–Trinajstić information content (AvgIpc) is 3.45. The highest BCUT2D eigenvalue weighted by atomic mass is 32.2. The number of fused-ring (bicyclic) bond motifs is 2. The molecule has 0 saturated carbocycles. The van der Waals surface area contributed by atoms with E-state index < -0.39 is 45.6 Å². The Balaban J connectivity index is 1.38. The van der Waals surface area contributed by atoms with Crippen LogP contribution in [-0.2, 0) is 25.7 Å².